The molecule has 2 heterocycles. The van der Waals surface area contributed by atoms with Gasteiger partial charge in [-0.15, -0.1) is 0 Å². The van der Waals surface area contributed by atoms with Gasteiger partial charge in [0.15, 0.2) is 0 Å². The molecule has 3 aromatic rings. The number of nitrogens with zero attached hydrogens (tertiary/aromatic N) is 3. The van der Waals surface area contributed by atoms with Crippen molar-refractivity contribution in [2.24, 2.45) is 0 Å². The lowest BCUT2D eigenvalue weighted by Crippen LogP contribution is -1.85. The van der Waals surface area contributed by atoms with Gasteiger partial charge in [-0.3, -0.25) is 4.40 Å². The van der Waals surface area contributed by atoms with Crippen LogP contribution in [0.15, 0.2) is 41.3 Å². The molecule has 18 heavy (non-hydrogen) atoms. The summed E-state index contributed by atoms with van der Waals surface area (Å²) in [5.74, 6) is 0.624. The van der Waals surface area contributed by atoms with E-state index in [4.69, 9.17) is 23.2 Å². The second kappa shape index (κ2) is 4.53. The molecule has 0 aliphatic carbocycles. The normalized spacial score (nSPS) is 11.1. The van der Waals surface area contributed by atoms with E-state index >= 15 is 0 Å². The molecule has 0 radical (unpaired) electrons. The third-order valence-electron chi connectivity index (χ3n) is 2.49. The van der Waals surface area contributed by atoms with Gasteiger partial charge >= 0.3 is 0 Å². The van der Waals surface area contributed by atoms with E-state index in [2.05, 4.69) is 25.9 Å². The van der Waals surface area contributed by atoms with E-state index < -0.39 is 0 Å². The SMILES string of the molecule is Clc1ccc(-c2cn3cc(Br)cnc3n2)c(Cl)c1. The highest BCUT2D eigenvalue weighted by Gasteiger charge is 2.09. The molecule has 2 aromatic heterocycles. The van der Waals surface area contributed by atoms with Crippen molar-refractivity contribution in [2.75, 3.05) is 0 Å². The Morgan fingerprint density at radius 2 is 2.00 bits per heavy atom. The summed E-state index contributed by atoms with van der Waals surface area (Å²) in [6.07, 6.45) is 5.47. The predicted molar refractivity (Wildman–Crippen MR) is 76.1 cm³/mol. The Hall–Kier alpha value is -1.10. The van der Waals surface area contributed by atoms with Crippen LogP contribution in [0.25, 0.3) is 17.0 Å². The number of imidazole rings is 1. The van der Waals surface area contributed by atoms with Gasteiger partial charge in [-0.25, -0.2) is 9.97 Å². The van der Waals surface area contributed by atoms with E-state index in [1.54, 1.807) is 18.3 Å². The van der Waals surface area contributed by atoms with Gasteiger partial charge in [-0.05, 0) is 34.1 Å². The number of halogens is 3. The summed E-state index contributed by atoms with van der Waals surface area (Å²) in [5, 5.41) is 1.18. The lowest BCUT2D eigenvalue weighted by atomic mass is 10.2. The molecule has 0 unspecified atom stereocenters. The van der Waals surface area contributed by atoms with E-state index in [-0.39, 0.29) is 0 Å². The third-order valence-corrected chi connectivity index (χ3v) is 3.44. The van der Waals surface area contributed by atoms with Gasteiger partial charge in [0.1, 0.15) is 0 Å². The Kier molecular flexibility index (Phi) is 3.01. The van der Waals surface area contributed by atoms with Gasteiger partial charge in [-0.2, -0.15) is 0 Å². The molecule has 90 valence electrons. The van der Waals surface area contributed by atoms with Gasteiger partial charge < -0.3 is 0 Å². The predicted octanol–water partition coefficient (Wildman–Crippen LogP) is 4.47. The first-order valence-electron chi connectivity index (χ1n) is 5.09. The van der Waals surface area contributed by atoms with E-state index in [0.717, 1.165) is 15.7 Å². The molecule has 3 nitrogen and oxygen atoms in total. The van der Waals surface area contributed by atoms with Gasteiger partial charge in [0.2, 0.25) is 5.78 Å². The smallest absolute Gasteiger partial charge is 0.234 e. The highest BCUT2D eigenvalue weighted by atomic mass is 79.9. The Morgan fingerprint density at radius 3 is 2.78 bits per heavy atom. The number of hydrogen-bond acceptors (Lipinski definition) is 2. The molecule has 0 saturated carbocycles. The lowest BCUT2D eigenvalue weighted by molar-refractivity contribution is 1.10. The number of aromatic nitrogens is 3. The molecule has 0 amide bonds. The molecular weight excluding hydrogens is 337 g/mol. The summed E-state index contributed by atoms with van der Waals surface area (Å²) in [6, 6.07) is 5.34. The van der Waals surface area contributed by atoms with Crippen LogP contribution in [-0.2, 0) is 0 Å². The fraction of sp³-hybridized carbons (Fsp3) is 0. The van der Waals surface area contributed by atoms with E-state index in [9.17, 15) is 0 Å². The largest absolute Gasteiger partial charge is 0.289 e. The monoisotopic (exact) mass is 341 g/mol. The first kappa shape index (κ1) is 12.0. The maximum atomic E-state index is 6.16. The van der Waals surface area contributed by atoms with E-state index in [1.807, 2.05) is 22.9 Å². The van der Waals surface area contributed by atoms with Crippen LogP contribution < -0.4 is 0 Å². The van der Waals surface area contributed by atoms with Crippen molar-refractivity contribution in [1.82, 2.24) is 14.4 Å². The van der Waals surface area contributed by atoms with E-state index in [0.29, 0.717) is 15.8 Å². The van der Waals surface area contributed by atoms with Crippen LogP contribution in [-0.4, -0.2) is 14.4 Å². The lowest BCUT2D eigenvalue weighted by Gasteiger charge is -1.99. The maximum absolute atomic E-state index is 6.16. The Balaban J connectivity index is 2.19. The molecule has 0 fully saturated rings. The fourth-order valence-corrected chi connectivity index (χ4v) is 2.52. The number of hydrogen-bond donors (Lipinski definition) is 0. The molecule has 0 spiro atoms. The summed E-state index contributed by atoms with van der Waals surface area (Å²) in [7, 11) is 0. The van der Waals surface area contributed by atoms with Crippen molar-refractivity contribution >= 4 is 44.9 Å². The minimum atomic E-state index is 0.574. The zero-order valence-corrected chi connectivity index (χ0v) is 12.0. The second-order valence-electron chi connectivity index (χ2n) is 3.73. The van der Waals surface area contributed by atoms with Crippen molar-refractivity contribution in [3.05, 3.63) is 51.3 Å². The summed E-state index contributed by atoms with van der Waals surface area (Å²) in [5.41, 5.74) is 1.60. The average Bonchev–Trinajstić information content (AvgIpc) is 2.71. The van der Waals surface area contributed by atoms with E-state index in [1.165, 1.54) is 0 Å². The Bertz CT molecular complexity index is 739. The molecule has 3 rings (SSSR count). The van der Waals surface area contributed by atoms with Gasteiger partial charge in [-0.1, -0.05) is 23.2 Å². The van der Waals surface area contributed by atoms with Gasteiger partial charge in [0.25, 0.3) is 0 Å². The van der Waals surface area contributed by atoms with Crippen LogP contribution in [0.2, 0.25) is 10.0 Å². The molecule has 6 heteroatoms. The molecule has 0 bridgehead atoms. The van der Waals surface area contributed by atoms with Crippen LogP contribution in [0.3, 0.4) is 0 Å². The van der Waals surface area contributed by atoms with Crippen LogP contribution in [0.1, 0.15) is 0 Å². The highest BCUT2D eigenvalue weighted by Crippen LogP contribution is 2.29. The molecule has 0 saturated heterocycles. The Labute approximate surface area is 122 Å². The van der Waals surface area contributed by atoms with Crippen LogP contribution in [0.5, 0.6) is 0 Å². The molecule has 0 aliphatic heterocycles. The van der Waals surface area contributed by atoms with Crippen LogP contribution >= 0.6 is 39.1 Å². The topological polar surface area (TPSA) is 30.2 Å². The summed E-state index contributed by atoms with van der Waals surface area (Å²) >= 11 is 15.4. The minimum absolute atomic E-state index is 0.574. The molecule has 0 aliphatic rings. The molecule has 1 aromatic carbocycles. The van der Waals surface area contributed by atoms with Crippen molar-refractivity contribution < 1.29 is 0 Å². The van der Waals surface area contributed by atoms with Crippen LogP contribution in [0, 0.1) is 0 Å². The quantitative estimate of drug-likeness (QED) is 0.653. The van der Waals surface area contributed by atoms with Crippen molar-refractivity contribution in [3.8, 4) is 11.3 Å². The van der Waals surface area contributed by atoms with Gasteiger partial charge in [0, 0.05) is 29.2 Å². The standard InChI is InChI=1S/C12H6BrCl2N3/c13-7-4-16-12-17-11(6-18(12)5-7)9-2-1-8(14)3-10(9)15/h1-6H. The van der Waals surface area contributed by atoms with Crippen LogP contribution in [0.4, 0.5) is 0 Å². The highest BCUT2D eigenvalue weighted by molar-refractivity contribution is 9.10. The van der Waals surface area contributed by atoms with Crippen molar-refractivity contribution in [3.63, 3.8) is 0 Å². The third kappa shape index (κ3) is 2.11. The first-order valence-corrected chi connectivity index (χ1v) is 6.64. The zero-order chi connectivity index (χ0) is 12.7. The molecule has 0 N–H and O–H groups in total. The average molecular weight is 343 g/mol. The maximum Gasteiger partial charge on any atom is 0.234 e. The summed E-state index contributed by atoms with van der Waals surface area (Å²) in [4.78, 5) is 8.63. The number of benzene rings is 1. The molecular formula is C12H6BrCl2N3. The summed E-state index contributed by atoms with van der Waals surface area (Å²) in [6.45, 7) is 0. The summed E-state index contributed by atoms with van der Waals surface area (Å²) < 4.78 is 2.73. The Morgan fingerprint density at radius 1 is 1.17 bits per heavy atom. The minimum Gasteiger partial charge on any atom is -0.289 e. The number of rotatable bonds is 1. The fourth-order valence-electron chi connectivity index (χ4n) is 1.69. The first-order chi connectivity index (χ1) is 8.63. The zero-order valence-electron chi connectivity index (χ0n) is 8.94. The molecule has 0 atom stereocenters. The number of fused-ring (bicyclic) bond motifs is 1. The van der Waals surface area contributed by atoms with Gasteiger partial charge in [0.05, 0.1) is 15.2 Å². The second-order valence-corrected chi connectivity index (χ2v) is 5.49. The van der Waals surface area contributed by atoms with Crippen molar-refractivity contribution in [2.45, 2.75) is 0 Å². The van der Waals surface area contributed by atoms with Crippen molar-refractivity contribution in [1.29, 1.82) is 0 Å².